The lowest BCUT2D eigenvalue weighted by atomic mass is 10.0. The molecule has 2 atom stereocenters. The third-order valence-corrected chi connectivity index (χ3v) is 3.38. The zero-order valence-electron chi connectivity index (χ0n) is 12.0. The molecule has 2 rings (SSSR count). The van der Waals surface area contributed by atoms with E-state index in [2.05, 4.69) is 0 Å². The second-order valence-corrected chi connectivity index (χ2v) is 4.94. The van der Waals surface area contributed by atoms with Gasteiger partial charge in [-0.3, -0.25) is 0 Å². The molecular formula is C17H18F2O2. The van der Waals surface area contributed by atoms with E-state index < -0.39 is 23.8 Å². The first kappa shape index (κ1) is 15.4. The van der Waals surface area contributed by atoms with Crippen LogP contribution in [0.2, 0.25) is 0 Å². The number of hydrogen-bond donors (Lipinski definition) is 1. The maximum Gasteiger partial charge on any atom is 0.165 e. The van der Waals surface area contributed by atoms with Crippen molar-refractivity contribution in [1.29, 1.82) is 0 Å². The predicted molar refractivity (Wildman–Crippen MR) is 77.2 cm³/mol. The van der Waals surface area contributed by atoms with Crippen LogP contribution in [-0.2, 0) is 6.42 Å². The summed E-state index contributed by atoms with van der Waals surface area (Å²) >= 11 is 0. The number of rotatable bonds is 5. The largest absolute Gasteiger partial charge is 0.484 e. The Morgan fingerprint density at radius 2 is 1.76 bits per heavy atom. The fraction of sp³-hybridized carbons (Fsp3) is 0.294. The van der Waals surface area contributed by atoms with Crippen molar-refractivity contribution < 1.29 is 18.6 Å². The van der Waals surface area contributed by atoms with Crippen LogP contribution in [0.3, 0.4) is 0 Å². The molecule has 112 valence electrons. The Bertz CT molecular complexity index is 596. The van der Waals surface area contributed by atoms with Crippen LogP contribution in [0.4, 0.5) is 8.78 Å². The Hall–Kier alpha value is -1.94. The second kappa shape index (κ2) is 6.68. The van der Waals surface area contributed by atoms with E-state index in [0.717, 1.165) is 30.2 Å². The molecule has 0 radical (unpaired) electrons. The van der Waals surface area contributed by atoms with Crippen LogP contribution in [0, 0.1) is 11.6 Å². The molecular weight excluding hydrogens is 274 g/mol. The van der Waals surface area contributed by atoms with Crippen LogP contribution in [0.1, 0.15) is 31.1 Å². The first-order valence-electron chi connectivity index (χ1n) is 6.90. The molecule has 0 fully saturated rings. The van der Waals surface area contributed by atoms with E-state index in [1.807, 2.05) is 31.2 Å². The third kappa shape index (κ3) is 3.79. The fourth-order valence-corrected chi connectivity index (χ4v) is 2.05. The van der Waals surface area contributed by atoms with Crippen LogP contribution in [0.5, 0.6) is 5.75 Å². The maximum absolute atomic E-state index is 13.5. The molecule has 2 aromatic rings. The van der Waals surface area contributed by atoms with Gasteiger partial charge in [0.15, 0.2) is 11.6 Å². The lowest BCUT2D eigenvalue weighted by Crippen LogP contribution is -2.22. The van der Waals surface area contributed by atoms with E-state index in [4.69, 9.17) is 4.74 Å². The Morgan fingerprint density at radius 1 is 1.10 bits per heavy atom. The van der Waals surface area contributed by atoms with Gasteiger partial charge in [-0.05, 0) is 36.6 Å². The van der Waals surface area contributed by atoms with Crippen molar-refractivity contribution >= 4 is 0 Å². The Morgan fingerprint density at radius 3 is 2.38 bits per heavy atom. The first-order valence-corrected chi connectivity index (χ1v) is 6.90. The minimum atomic E-state index is -0.918. The Labute approximate surface area is 123 Å². The molecule has 2 nitrogen and oxygen atoms in total. The van der Waals surface area contributed by atoms with Gasteiger partial charge >= 0.3 is 0 Å². The lowest BCUT2D eigenvalue weighted by Gasteiger charge is -2.21. The molecule has 2 unspecified atom stereocenters. The highest BCUT2D eigenvalue weighted by molar-refractivity contribution is 5.27. The van der Waals surface area contributed by atoms with E-state index in [9.17, 15) is 13.9 Å². The first-order chi connectivity index (χ1) is 10.0. The molecule has 0 heterocycles. The number of aryl methyl sites for hydroxylation is 1. The van der Waals surface area contributed by atoms with Crippen LogP contribution >= 0.6 is 0 Å². The Kier molecular flexibility index (Phi) is 4.91. The van der Waals surface area contributed by atoms with Gasteiger partial charge < -0.3 is 9.84 Å². The van der Waals surface area contributed by atoms with Crippen molar-refractivity contribution in [2.75, 3.05) is 0 Å². The van der Waals surface area contributed by atoms with Crippen molar-refractivity contribution in [1.82, 2.24) is 0 Å². The van der Waals surface area contributed by atoms with Gasteiger partial charge in [0.1, 0.15) is 18.0 Å². The summed E-state index contributed by atoms with van der Waals surface area (Å²) in [5, 5.41) is 10.2. The van der Waals surface area contributed by atoms with Crippen molar-refractivity contribution in [3.05, 3.63) is 65.2 Å². The monoisotopic (exact) mass is 292 g/mol. The minimum absolute atomic E-state index is 0.202. The molecule has 1 N–H and O–H groups in total. The van der Waals surface area contributed by atoms with Crippen molar-refractivity contribution in [2.24, 2.45) is 0 Å². The smallest absolute Gasteiger partial charge is 0.165 e. The highest BCUT2D eigenvalue weighted by Crippen LogP contribution is 2.25. The quantitative estimate of drug-likeness (QED) is 0.901. The molecule has 0 aromatic heterocycles. The van der Waals surface area contributed by atoms with Gasteiger partial charge in [0.25, 0.3) is 0 Å². The van der Waals surface area contributed by atoms with E-state index in [-0.39, 0.29) is 5.75 Å². The van der Waals surface area contributed by atoms with Gasteiger partial charge in [-0.15, -0.1) is 0 Å². The number of halogens is 2. The summed E-state index contributed by atoms with van der Waals surface area (Å²) in [5.74, 6) is -1.44. The summed E-state index contributed by atoms with van der Waals surface area (Å²) in [6.45, 7) is 3.66. The highest BCUT2D eigenvalue weighted by atomic mass is 19.1. The number of aliphatic hydroxyl groups is 1. The second-order valence-electron chi connectivity index (χ2n) is 4.94. The van der Waals surface area contributed by atoms with Crippen molar-refractivity contribution in [3.8, 4) is 5.75 Å². The van der Waals surface area contributed by atoms with Crippen molar-refractivity contribution in [3.63, 3.8) is 0 Å². The van der Waals surface area contributed by atoms with Gasteiger partial charge in [-0.25, -0.2) is 8.78 Å². The topological polar surface area (TPSA) is 29.5 Å². The summed E-state index contributed by atoms with van der Waals surface area (Å²) in [5.41, 5.74) is 1.84. The number of aliphatic hydroxyl groups excluding tert-OH is 1. The molecule has 0 spiro atoms. The maximum atomic E-state index is 13.5. The minimum Gasteiger partial charge on any atom is -0.484 e. The number of ether oxygens (including phenoxy) is 1. The normalized spacial score (nSPS) is 13.8. The highest BCUT2D eigenvalue weighted by Gasteiger charge is 2.19. The SMILES string of the molecule is CCc1ccc(C(O)C(C)Oc2cc(F)ccc2F)cc1. The average molecular weight is 292 g/mol. The zero-order chi connectivity index (χ0) is 15.4. The van der Waals surface area contributed by atoms with Crippen LogP contribution in [0.15, 0.2) is 42.5 Å². The van der Waals surface area contributed by atoms with E-state index in [1.165, 1.54) is 0 Å². The van der Waals surface area contributed by atoms with Crippen LogP contribution in [-0.4, -0.2) is 11.2 Å². The molecule has 0 bridgehead atoms. The Balaban J connectivity index is 2.11. The zero-order valence-corrected chi connectivity index (χ0v) is 12.0. The molecule has 4 heteroatoms. The summed E-state index contributed by atoms with van der Waals surface area (Å²) in [7, 11) is 0. The average Bonchev–Trinajstić information content (AvgIpc) is 2.50. The summed E-state index contributed by atoms with van der Waals surface area (Å²) in [6, 6.07) is 10.5. The fourth-order valence-electron chi connectivity index (χ4n) is 2.05. The molecule has 0 aliphatic rings. The molecule has 0 saturated heterocycles. The van der Waals surface area contributed by atoms with Gasteiger partial charge in [-0.1, -0.05) is 31.2 Å². The van der Waals surface area contributed by atoms with Crippen LogP contribution < -0.4 is 4.74 Å². The number of hydrogen-bond acceptors (Lipinski definition) is 2. The van der Waals surface area contributed by atoms with Gasteiger partial charge in [-0.2, -0.15) is 0 Å². The van der Waals surface area contributed by atoms with E-state index in [0.29, 0.717) is 5.56 Å². The van der Waals surface area contributed by atoms with Gasteiger partial charge in [0.05, 0.1) is 0 Å². The third-order valence-electron chi connectivity index (χ3n) is 3.38. The van der Waals surface area contributed by atoms with Gasteiger partial charge in [0.2, 0.25) is 0 Å². The standard InChI is InChI=1S/C17H18F2O2/c1-3-12-4-6-13(7-5-12)17(20)11(2)21-16-10-14(18)8-9-15(16)19/h4-11,17,20H,3H2,1-2H3. The molecule has 0 amide bonds. The number of benzene rings is 2. The molecule has 0 saturated carbocycles. The van der Waals surface area contributed by atoms with Crippen molar-refractivity contribution in [2.45, 2.75) is 32.5 Å². The molecule has 21 heavy (non-hydrogen) atoms. The molecule has 0 aliphatic heterocycles. The summed E-state index contributed by atoms with van der Waals surface area (Å²) in [4.78, 5) is 0. The predicted octanol–water partition coefficient (Wildman–Crippen LogP) is 4.03. The lowest BCUT2D eigenvalue weighted by molar-refractivity contribution is 0.0442. The van der Waals surface area contributed by atoms with Crippen LogP contribution in [0.25, 0.3) is 0 Å². The van der Waals surface area contributed by atoms with E-state index >= 15 is 0 Å². The van der Waals surface area contributed by atoms with Gasteiger partial charge in [0, 0.05) is 6.07 Å². The summed E-state index contributed by atoms with van der Waals surface area (Å²) in [6.07, 6.45) is -0.705. The molecule has 2 aromatic carbocycles. The summed E-state index contributed by atoms with van der Waals surface area (Å²) < 4.78 is 32.0. The molecule has 0 aliphatic carbocycles. The van der Waals surface area contributed by atoms with E-state index in [1.54, 1.807) is 6.92 Å².